The summed E-state index contributed by atoms with van der Waals surface area (Å²) < 4.78 is 1.93. The molecule has 24 heavy (non-hydrogen) atoms. The van der Waals surface area contributed by atoms with Gasteiger partial charge in [0.2, 0.25) is 0 Å². The van der Waals surface area contributed by atoms with Crippen molar-refractivity contribution in [3.8, 4) is 0 Å². The first-order valence-corrected chi connectivity index (χ1v) is 8.52. The number of anilines is 1. The summed E-state index contributed by atoms with van der Waals surface area (Å²) in [6.45, 7) is 8.33. The third kappa shape index (κ3) is 2.72. The van der Waals surface area contributed by atoms with Gasteiger partial charge in [-0.2, -0.15) is 5.10 Å². The minimum absolute atomic E-state index is 0.276. The molecule has 3 heterocycles. The number of rotatable bonds is 3. The lowest BCUT2D eigenvalue weighted by Crippen LogP contribution is -2.48. The number of para-hydroxylation sites is 1. The second-order valence-electron chi connectivity index (χ2n) is 6.64. The summed E-state index contributed by atoms with van der Waals surface area (Å²) in [5, 5.41) is 15.3. The van der Waals surface area contributed by atoms with Crippen LogP contribution in [0.2, 0.25) is 0 Å². The number of aromatic nitrogens is 3. The second-order valence-corrected chi connectivity index (χ2v) is 6.64. The van der Waals surface area contributed by atoms with Gasteiger partial charge in [-0.25, -0.2) is 9.50 Å². The number of hydrogen-bond donors (Lipinski definition) is 1. The smallest absolute Gasteiger partial charge is 0.158 e. The van der Waals surface area contributed by atoms with Crippen molar-refractivity contribution in [2.45, 2.75) is 20.0 Å². The molecule has 0 unspecified atom stereocenters. The number of aliphatic hydroxyl groups is 1. The number of aryl methyl sites for hydroxylation is 1. The van der Waals surface area contributed by atoms with Gasteiger partial charge in [0.15, 0.2) is 5.65 Å². The molecule has 0 spiro atoms. The van der Waals surface area contributed by atoms with Crippen molar-refractivity contribution in [1.82, 2.24) is 19.5 Å². The molecule has 1 aliphatic rings. The van der Waals surface area contributed by atoms with Crippen LogP contribution < -0.4 is 4.90 Å². The molecular formula is C18H23N5O. The molecule has 126 valence electrons. The molecule has 0 bridgehead atoms. The second kappa shape index (κ2) is 6.03. The van der Waals surface area contributed by atoms with E-state index in [4.69, 9.17) is 4.98 Å². The highest BCUT2D eigenvalue weighted by Crippen LogP contribution is 2.27. The fourth-order valence-electron chi connectivity index (χ4n) is 3.52. The number of aliphatic hydroxyl groups excluding tert-OH is 1. The van der Waals surface area contributed by atoms with Gasteiger partial charge in [0.05, 0.1) is 17.3 Å². The van der Waals surface area contributed by atoms with Crippen LogP contribution >= 0.6 is 0 Å². The Bertz CT molecular complexity index is 864. The first-order chi connectivity index (χ1) is 11.6. The summed E-state index contributed by atoms with van der Waals surface area (Å²) >= 11 is 0. The molecule has 3 aromatic rings. The van der Waals surface area contributed by atoms with Crippen molar-refractivity contribution in [3.63, 3.8) is 0 Å². The van der Waals surface area contributed by atoms with Crippen LogP contribution in [0.15, 0.2) is 30.3 Å². The molecule has 1 atom stereocenters. The molecule has 1 N–H and O–H groups in total. The number of hydrogen-bond acceptors (Lipinski definition) is 5. The van der Waals surface area contributed by atoms with E-state index in [1.54, 1.807) is 0 Å². The van der Waals surface area contributed by atoms with Gasteiger partial charge >= 0.3 is 0 Å². The number of piperazine rings is 1. The lowest BCUT2D eigenvalue weighted by Gasteiger charge is -2.36. The Balaban J connectivity index is 1.71. The molecule has 1 aliphatic heterocycles. The summed E-state index contributed by atoms with van der Waals surface area (Å²) in [5.74, 6) is 1.04. The van der Waals surface area contributed by atoms with Gasteiger partial charge in [-0.3, -0.25) is 4.90 Å². The molecule has 0 amide bonds. The maximum absolute atomic E-state index is 9.57. The van der Waals surface area contributed by atoms with Crippen molar-refractivity contribution >= 4 is 22.4 Å². The van der Waals surface area contributed by atoms with E-state index in [9.17, 15) is 5.11 Å². The van der Waals surface area contributed by atoms with Crippen LogP contribution in [0.4, 0.5) is 5.82 Å². The molecule has 6 nitrogen and oxygen atoms in total. The van der Waals surface area contributed by atoms with E-state index in [1.807, 2.05) is 30.5 Å². The Morgan fingerprint density at radius 3 is 2.67 bits per heavy atom. The fourth-order valence-corrected chi connectivity index (χ4v) is 3.52. The zero-order chi connectivity index (χ0) is 16.7. The Morgan fingerprint density at radius 1 is 1.17 bits per heavy atom. The van der Waals surface area contributed by atoms with E-state index in [0.29, 0.717) is 0 Å². The van der Waals surface area contributed by atoms with Gasteiger partial charge in [0, 0.05) is 44.2 Å². The lowest BCUT2D eigenvalue weighted by atomic mass is 10.2. The van der Waals surface area contributed by atoms with Crippen molar-refractivity contribution in [2.75, 3.05) is 37.6 Å². The molecule has 2 aromatic heterocycles. The number of nitrogens with zero attached hydrogens (tertiary/aromatic N) is 5. The molecule has 1 fully saturated rings. The van der Waals surface area contributed by atoms with Gasteiger partial charge in [0.25, 0.3) is 0 Å². The van der Waals surface area contributed by atoms with Crippen molar-refractivity contribution in [3.05, 3.63) is 36.0 Å². The van der Waals surface area contributed by atoms with Crippen molar-refractivity contribution in [2.24, 2.45) is 0 Å². The molecule has 0 aliphatic carbocycles. The van der Waals surface area contributed by atoms with Gasteiger partial charge in [0.1, 0.15) is 5.82 Å². The van der Waals surface area contributed by atoms with E-state index >= 15 is 0 Å². The Morgan fingerprint density at radius 2 is 1.92 bits per heavy atom. The van der Waals surface area contributed by atoms with E-state index in [0.717, 1.165) is 60.8 Å². The number of fused-ring (bicyclic) bond motifs is 3. The molecule has 1 saturated heterocycles. The monoisotopic (exact) mass is 325 g/mol. The number of benzene rings is 1. The van der Waals surface area contributed by atoms with Crippen LogP contribution in [0.1, 0.15) is 12.6 Å². The first kappa shape index (κ1) is 15.4. The minimum atomic E-state index is -0.276. The molecule has 4 rings (SSSR count). The quantitative estimate of drug-likeness (QED) is 0.794. The Hall–Kier alpha value is -2.18. The van der Waals surface area contributed by atoms with Crippen LogP contribution in [-0.2, 0) is 0 Å². The topological polar surface area (TPSA) is 56.9 Å². The van der Waals surface area contributed by atoms with E-state index < -0.39 is 0 Å². The van der Waals surface area contributed by atoms with Gasteiger partial charge in [-0.05, 0) is 26.0 Å². The highest BCUT2D eigenvalue weighted by atomic mass is 16.3. The van der Waals surface area contributed by atoms with Crippen LogP contribution in [0.25, 0.3) is 16.6 Å². The molecular weight excluding hydrogens is 302 g/mol. The first-order valence-electron chi connectivity index (χ1n) is 8.52. The largest absolute Gasteiger partial charge is 0.392 e. The lowest BCUT2D eigenvalue weighted by molar-refractivity contribution is 0.122. The standard InChI is InChI=1S/C18H23N5O/c1-13-11-17-19-18(15-5-3-4-6-16(15)23(17)20-13)22-9-7-21(8-10-22)12-14(2)24/h3-6,11,14,24H,7-10,12H2,1-2H3/t14-/m0/s1. The maximum Gasteiger partial charge on any atom is 0.158 e. The third-order valence-electron chi connectivity index (χ3n) is 4.60. The summed E-state index contributed by atoms with van der Waals surface area (Å²) in [6.07, 6.45) is -0.276. The zero-order valence-corrected chi connectivity index (χ0v) is 14.2. The molecule has 6 heteroatoms. The minimum Gasteiger partial charge on any atom is -0.392 e. The van der Waals surface area contributed by atoms with Gasteiger partial charge in [-0.15, -0.1) is 0 Å². The van der Waals surface area contributed by atoms with Gasteiger partial charge < -0.3 is 10.0 Å². The van der Waals surface area contributed by atoms with Crippen molar-refractivity contribution < 1.29 is 5.11 Å². The highest BCUT2D eigenvalue weighted by Gasteiger charge is 2.21. The average Bonchev–Trinajstić information content (AvgIpc) is 2.95. The zero-order valence-electron chi connectivity index (χ0n) is 14.2. The Labute approximate surface area is 141 Å². The molecule has 0 saturated carbocycles. The predicted molar refractivity (Wildman–Crippen MR) is 95.6 cm³/mol. The fraction of sp³-hybridized carbons (Fsp3) is 0.444. The predicted octanol–water partition coefficient (Wildman–Crippen LogP) is 1.69. The van der Waals surface area contributed by atoms with E-state index in [1.165, 1.54) is 0 Å². The van der Waals surface area contributed by atoms with Crippen LogP contribution in [-0.4, -0.2) is 63.4 Å². The van der Waals surface area contributed by atoms with Gasteiger partial charge in [-0.1, -0.05) is 12.1 Å². The van der Waals surface area contributed by atoms with Crippen molar-refractivity contribution in [1.29, 1.82) is 0 Å². The molecule has 0 radical (unpaired) electrons. The third-order valence-corrected chi connectivity index (χ3v) is 4.60. The van der Waals surface area contributed by atoms with E-state index in [-0.39, 0.29) is 6.10 Å². The highest BCUT2D eigenvalue weighted by molar-refractivity contribution is 5.91. The summed E-state index contributed by atoms with van der Waals surface area (Å²) in [4.78, 5) is 9.55. The summed E-state index contributed by atoms with van der Waals surface area (Å²) in [6, 6.07) is 10.3. The molecule has 1 aromatic carbocycles. The Kier molecular flexibility index (Phi) is 3.86. The normalized spacial score (nSPS) is 17.7. The average molecular weight is 325 g/mol. The summed E-state index contributed by atoms with van der Waals surface area (Å²) in [5.41, 5.74) is 2.97. The summed E-state index contributed by atoms with van der Waals surface area (Å²) in [7, 11) is 0. The van der Waals surface area contributed by atoms with Crippen LogP contribution in [0, 0.1) is 6.92 Å². The number of β-amino-alcohol motifs (C(OH)–C–C–N with tert-alkyl or cyclic N) is 1. The maximum atomic E-state index is 9.57. The van der Waals surface area contributed by atoms with Crippen LogP contribution in [0.5, 0.6) is 0 Å². The van der Waals surface area contributed by atoms with Crippen LogP contribution in [0.3, 0.4) is 0 Å². The SMILES string of the molecule is Cc1cc2nc(N3CCN(C[C@H](C)O)CC3)c3ccccc3n2n1. The van der Waals surface area contributed by atoms with E-state index in [2.05, 4.69) is 33.1 Å².